The van der Waals surface area contributed by atoms with E-state index in [0.717, 1.165) is 37.7 Å². The second-order valence-electron chi connectivity index (χ2n) is 9.31. The zero-order valence-corrected chi connectivity index (χ0v) is 19.9. The van der Waals surface area contributed by atoms with Crippen LogP contribution in [0.1, 0.15) is 82.3 Å². The van der Waals surface area contributed by atoms with Gasteiger partial charge in [-0.3, -0.25) is 9.59 Å². The molecule has 0 heterocycles. The molecule has 2 saturated carbocycles. The molecule has 7 heteroatoms. The van der Waals surface area contributed by atoms with Gasteiger partial charge in [0.05, 0.1) is 30.7 Å². The van der Waals surface area contributed by atoms with Crippen molar-refractivity contribution in [3.05, 3.63) is 35.4 Å². The van der Waals surface area contributed by atoms with Crippen molar-refractivity contribution in [3.8, 4) is 0 Å². The van der Waals surface area contributed by atoms with Gasteiger partial charge in [0.1, 0.15) is 13.2 Å². The highest BCUT2D eigenvalue weighted by molar-refractivity contribution is 5.73. The molecule has 2 aliphatic carbocycles. The molecular formula is C26H40O7. The molecule has 0 bridgehead atoms. The maximum Gasteiger partial charge on any atom is 0.311 e. The van der Waals surface area contributed by atoms with Gasteiger partial charge in [0.15, 0.2) is 0 Å². The Hall–Kier alpha value is -1.96. The van der Waals surface area contributed by atoms with Gasteiger partial charge in [-0.15, -0.1) is 0 Å². The smallest absolute Gasteiger partial charge is 0.311 e. The van der Waals surface area contributed by atoms with Crippen molar-refractivity contribution in [1.82, 2.24) is 0 Å². The summed E-state index contributed by atoms with van der Waals surface area (Å²) in [6.45, 7) is 4.47. The predicted octanol–water partition coefficient (Wildman–Crippen LogP) is 3.48. The van der Waals surface area contributed by atoms with Crippen LogP contribution in [0.25, 0.3) is 0 Å². The first-order valence-corrected chi connectivity index (χ1v) is 12.2. The average Bonchev–Trinajstić information content (AvgIpc) is 2.82. The number of hydrogen-bond acceptors (Lipinski definition) is 7. The minimum Gasteiger partial charge on any atom is -0.463 e. The first-order valence-electron chi connectivity index (χ1n) is 12.2. The van der Waals surface area contributed by atoms with E-state index in [1.165, 1.54) is 5.56 Å². The lowest BCUT2D eigenvalue weighted by Crippen LogP contribution is -2.33. The number of rotatable bonds is 7. The number of ether oxygens (including phenoxy) is 2. The Morgan fingerprint density at radius 2 is 1.33 bits per heavy atom. The highest BCUT2D eigenvalue weighted by atomic mass is 16.5. The van der Waals surface area contributed by atoms with Crippen LogP contribution in [0.5, 0.6) is 0 Å². The molecule has 0 radical (unpaired) electrons. The summed E-state index contributed by atoms with van der Waals surface area (Å²) >= 11 is 0. The number of carbonyl (C=O) groups is 2. The van der Waals surface area contributed by atoms with Crippen molar-refractivity contribution in [1.29, 1.82) is 0 Å². The van der Waals surface area contributed by atoms with Crippen molar-refractivity contribution in [3.63, 3.8) is 0 Å². The molecule has 186 valence electrons. The van der Waals surface area contributed by atoms with Gasteiger partial charge in [-0.1, -0.05) is 63.8 Å². The molecule has 1 aromatic carbocycles. The Kier molecular flexibility index (Phi) is 11.9. The molecule has 2 aliphatic rings. The molecule has 0 spiro atoms. The topological polar surface area (TPSA) is 113 Å². The SMILES string of the molecule is CC(C)c1ccc(COC(=O)C2CCCCC2O)cc1.O=C(OCCO)C1CCCCC1O. The maximum absolute atomic E-state index is 12.0. The van der Waals surface area contributed by atoms with E-state index < -0.39 is 12.2 Å². The summed E-state index contributed by atoms with van der Waals surface area (Å²) < 4.78 is 10.1. The van der Waals surface area contributed by atoms with E-state index in [9.17, 15) is 19.8 Å². The summed E-state index contributed by atoms with van der Waals surface area (Å²) in [6.07, 6.45) is 5.70. The molecule has 1 aromatic rings. The Bertz CT molecular complexity index is 716. The van der Waals surface area contributed by atoms with Crippen LogP contribution >= 0.6 is 0 Å². The van der Waals surface area contributed by atoms with Crippen molar-refractivity contribution in [2.45, 2.75) is 89.9 Å². The molecular weight excluding hydrogens is 424 g/mol. The van der Waals surface area contributed by atoms with Gasteiger partial charge in [-0.2, -0.15) is 0 Å². The molecule has 0 saturated heterocycles. The van der Waals surface area contributed by atoms with Crippen LogP contribution < -0.4 is 0 Å². The minimum atomic E-state index is -0.556. The monoisotopic (exact) mass is 464 g/mol. The fourth-order valence-electron chi connectivity index (χ4n) is 4.29. The van der Waals surface area contributed by atoms with Crippen molar-refractivity contribution in [2.24, 2.45) is 11.8 Å². The standard InChI is InChI=1S/C17H24O3.C9H16O4/c1-12(2)14-9-7-13(8-10-14)11-20-17(19)15-5-3-4-6-16(15)18;10-5-6-13-9(12)7-3-1-2-4-8(7)11/h7-10,12,15-16,18H,3-6,11H2,1-2H3;7-8,10-11H,1-6H2. The summed E-state index contributed by atoms with van der Waals surface area (Å²) in [7, 11) is 0. The molecule has 0 amide bonds. The fourth-order valence-corrected chi connectivity index (χ4v) is 4.29. The third-order valence-corrected chi connectivity index (χ3v) is 6.43. The van der Waals surface area contributed by atoms with Gasteiger partial charge >= 0.3 is 11.9 Å². The molecule has 2 fully saturated rings. The van der Waals surface area contributed by atoms with Crippen molar-refractivity contribution >= 4 is 11.9 Å². The van der Waals surface area contributed by atoms with Crippen LogP contribution in [0.3, 0.4) is 0 Å². The molecule has 7 nitrogen and oxygen atoms in total. The summed E-state index contributed by atoms with van der Waals surface area (Å²) in [5.41, 5.74) is 2.27. The summed E-state index contributed by atoms with van der Waals surface area (Å²) in [5, 5.41) is 27.7. The Morgan fingerprint density at radius 3 is 1.79 bits per heavy atom. The first-order chi connectivity index (χ1) is 15.8. The predicted molar refractivity (Wildman–Crippen MR) is 124 cm³/mol. The number of carbonyl (C=O) groups excluding carboxylic acids is 2. The van der Waals surface area contributed by atoms with Crippen LogP contribution in [-0.4, -0.2) is 52.7 Å². The van der Waals surface area contributed by atoms with E-state index in [-0.39, 0.29) is 37.0 Å². The van der Waals surface area contributed by atoms with Crippen molar-refractivity contribution < 1.29 is 34.4 Å². The van der Waals surface area contributed by atoms with E-state index in [2.05, 4.69) is 26.0 Å². The zero-order valence-electron chi connectivity index (χ0n) is 19.9. The molecule has 4 unspecified atom stereocenters. The lowest BCUT2D eigenvalue weighted by molar-refractivity contribution is -0.156. The lowest BCUT2D eigenvalue weighted by Gasteiger charge is -2.25. The van der Waals surface area contributed by atoms with E-state index in [4.69, 9.17) is 14.6 Å². The second-order valence-corrected chi connectivity index (χ2v) is 9.31. The highest BCUT2D eigenvalue weighted by Crippen LogP contribution is 2.26. The van der Waals surface area contributed by atoms with Gasteiger partial charge < -0.3 is 24.8 Å². The number of aliphatic hydroxyl groups excluding tert-OH is 3. The average molecular weight is 465 g/mol. The zero-order chi connectivity index (χ0) is 24.2. The Morgan fingerprint density at radius 1 is 0.848 bits per heavy atom. The first kappa shape index (κ1) is 27.3. The van der Waals surface area contributed by atoms with E-state index in [0.29, 0.717) is 31.8 Å². The summed E-state index contributed by atoms with van der Waals surface area (Å²) in [4.78, 5) is 23.2. The molecule has 4 atom stereocenters. The quantitative estimate of drug-likeness (QED) is 0.530. The van der Waals surface area contributed by atoms with E-state index in [1.807, 2.05) is 12.1 Å². The van der Waals surface area contributed by atoms with Crippen LogP contribution in [0.4, 0.5) is 0 Å². The molecule has 0 aliphatic heterocycles. The van der Waals surface area contributed by atoms with Gasteiger partial charge in [-0.05, 0) is 42.7 Å². The summed E-state index contributed by atoms with van der Waals surface area (Å²) in [6, 6.07) is 8.15. The van der Waals surface area contributed by atoms with Gasteiger partial charge in [0.25, 0.3) is 0 Å². The minimum absolute atomic E-state index is 0.0298. The highest BCUT2D eigenvalue weighted by Gasteiger charge is 2.31. The fraction of sp³-hybridized carbons (Fsp3) is 0.692. The van der Waals surface area contributed by atoms with Crippen LogP contribution in [0, 0.1) is 11.8 Å². The molecule has 3 N–H and O–H groups in total. The normalized spacial score (nSPS) is 25.0. The van der Waals surface area contributed by atoms with Crippen LogP contribution in [-0.2, 0) is 25.7 Å². The maximum atomic E-state index is 12.0. The molecule has 0 aromatic heterocycles. The molecule has 3 rings (SSSR count). The number of hydrogen-bond donors (Lipinski definition) is 3. The van der Waals surface area contributed by atoms with Gasteiger partial charge in [0.2, 0.25) is 0 Å². The van der Waals surface area contributed by atoms with Gasteiger partial charge in [-0.25, -0.2) is 0 Å². The number of esters is 2. The number of aliphatic hydroxyl groups is 3. The van der Waals surface area contributed by atoms with Crippen LogP contribution in [0.2, 0.25) is 0 Å². The third kappa shape index (κ3) is 9.07. The van der Waals surface area contributed by atoms with Crippen LogP contribution in [0.15, 0.2) is 24.3 Å². The van der Waals surface area contributed by atoms with Gasteiger partial charge in [0, 0.05) is 0 Å². The Labute approximate surface area is 197 Å². The summed E-state index contributed by atoms with van der Waals surface area (Å²) in [5.74, 6) is -0.839. The van der Waals surface area contributed by atoms with Crippen molar-refractivity contribution in [2.75, 3.05) is 13.2 Å². The Balaban J connectivity index is 0.000000257. The number of benzene rings is 1. The molecule has 33 heavy (non-hydrogen) atoms. The third-order valence-electron chi connectivity index (χ3n) is 6.43. The lowest BCUT2D eigenvalue weighted by atomic mass is 9.87. The van der Waals surface area contributed by atoms with E-state index in [1.54, 1.807) is 0 Å². The van der Waals surface area contributed by atoms with E-state index >= 15 is 0 Å². The largest absolute Gasteiger partial charge is 0.463 e. The second kappa shape index (κ2) is 14.3.